The standard InChI is InChI=1S/C13H12N2O2/c16-11-8-10(15-6-1-2-7-15)12-9(13(11)17)4-3-5-14-12/h3-5,8H,1-2,6-7H2. The van der Waals surface area contributed by atoms with E-state index in [0.717, 1.165) is 31.6 Å². The molecule has 0 atom stereocenters. The molecule has 0 bridgehead atoms. The average molecular weight is 228 g/mol. The largest absolute Gasteiger partial charge is 0.370 e. The van der Waals surface area contributed by atoms with Gasteiger partial charge in [-0.2, -0.15) is 0 Å². The summed E-state index contributed by atoms with van der Waals surface area (Å²) in [5.74, 6) is -0.886. The SMILES string of the molecule is O=C1C=C(N2CCCC2)c2ncccc2C1=O. The lowest BCUT2D eigenvalue weighted by Crippen LogP contribution is -2.27. The molecule has 2 aliphatic rings. The van der Waals surface area contributed by atoms with Crippen LogP contribution in [-0.4, -0.2) is 34.5 Å². The maximum absolute atomic E-state index is 11.7. The molecule has 4 nitrogen and oxygen atoms in total. The van der Waals surface area contributed by atoms with Crippen LogP contribution >= 0.6 is 0 Å². The number of hydrogen-bond acceptors (Lipinski definition) is 4. The first-order valence-electron chi connectivity index (χ1n) is 5.78. The summed E-state index contributed by atoms with van der Waals surface area (Å²) in [6.07, 6.45) is 5.35. The van der Waals surface area contributed by atoms with Gasteiger partial charge in [0.05, 0.1) is 17.0 Å². The highest BCUT2D eigenvalue weighted by atomic mass is 16.2. The summed E-state index contributed by atoms with van der Waals surface area (Å²) in [5, 5.41) is 0. The summed E-state index contributed by atoms with van der Waals surface area (Å²) in [5.41, 5.74) is 1.89. The number of likely N-dealkylation sites (tertiary alicyclic amines) is 1. The Hall–Kier alpha value is -1.97. The minimum Gasteiger partial charge on any atom is -0.370 e. The summed E-state index contributed by atoms with van der Waals surface area (Å²) in [7, 11) is 0. The van der Waals surface area contributed by atoms with Gasteiger partial charge in [0.1, 0.15) is 0 Å². The Bertz CT molecular complexity index is 528. The number of ketones is 2. The van der Waals surface area contributed by atoms with Crippen molar-refractivity contribution in [3.8, 4) is 0 Å². The smallest absolute Gasteiger partial charge is 0.235 e. The number of allylic oxidation sites excluding steroid dienone is 1. The fourth-order valence-electron chi connectivity index (χ4n) is 2.38. The molecule has 0 N–H and O–H groups in total. The van der Waals surface area contributed by atoms with Gasteiger partial charge in [0.2, 0.25) is 11.6 Å². The molecular weight excluding hydrogens is 216 g/mol. The number of carbonyl (C=O) groups excluding carboxylic acids is 2. The van der Waals surface area contributed by atoms with Gasteiger partial charge in [0.15, 0.2) is 0 Å². The van der Waals surface area contributed by atoms with Crippen molar-refractivity contribution in [2.75, 3.05) is 13.1 Å². The van der Waals surface area contributed by atoms with Gasteiger partial charge in [-0.1, -0.05) is 0 Å². The normalized spacial score (nSPS) is 19.3. The van der Waals surface area contributed by atoms with E-state index in [1.54, 1.807) is 18.3 Å². The Kier molecular flexibility index (Phi) is 2.28. The van der Waals surface area contributed by atoms with Crippen molar-refractivity contribution in [3.05, 3.63) is 35.7 Å². The fourth-order valence-corrected chi connectivity index (χ4v) is 2.38. The maximum atomic E-state index is 11.7. The predicted molar refractivity (Wildman–Crippen MR) is 62.4 cm³/mol. The Balaban J connectivity index is 2.12. The molecule has 1 saturated heterocycles. The molecule has 1 aromatic rings. The minimum absolute atomic E-state index is 0.432. The number of hydrogen-bond donors (Lipinski definition) is 0. The molecule has 2 heterocycles. The molecule has 1 aliphatic carbocycles. The quantitative estimate of drug-likeness (QED) is 0.679. The van der Waals surface area contributed by atoms with E-state index in [0.29, 0.717) is 11.3 Å². The molecule has 1 fully saturated rings. The first-order chi connectivity index (χ1) is 8.27. The summed E-state index contributed by atoms with van der Waals surface area (Å²) >= 11 is 0. The lowest BCUT2D eigenvalue weighted by molar-refractivity contribution is -0.111. The molecule has 0 unspecified atom stereocenters. The van der Waals surface area contributed by atoms with Gasteiger partial charge in [0, 0.05) is 25.4 Å². The molecule has 0 amide bonds. The van der Waals surface area contributed by atoms with Crippen LogP contribution in [0.5, 0.6) is 0 Å². The van der Waals surface area contributed by atoms with Crippen LogP contribution in [0.4, 0.5) is 0 Å². The zero-order valence-electron chi connectivity index (χ0n) is 9.35. The molecule has 0 radical (unpaired) electrons. The van der Waals surface area contributed by atoms with Crippen LogP contribution in [0.1, 0.15) is 28.9 Å². The van der Waals surface area contributed by atoms with E-state index in [-0.39, 0.29) is 0 Å². The average Bonchev–Trinajstić information content (AvgIpc) is 2.87. The fraction of sp³-hybridized carbons (Fsp3) is 0.308. The second kappa shape index (κ2) is 3.80. The lowest BCUT2D eigenvalue weighted by atomic mass is 9.96. The van der Waals surface area contributed by atoms with Crippen LogP contribution in [0.2, 0.25) is 0 Å². The van der Waals surface area contributed by atoms with Crippen molar-refractivity contribution in [1.29, 1.82) is 0 Å². The van der Waals surface area contributed by atoms with E-state index < -0.39 is 11.6 Å². The van der Waals surface area contributed by atoms with Crippen molar-refractivity contribution < 1.29 is 9.59 Å². The van der Waals surface area contributed by atoms with Crippen molar-refractivity contribution in [3.63, 3.8) is 0 Å². The zero-order chi connectivity index (χ0) is 11.8. The van der Waals surface area contributed by atoms with E-state index in [1.807, 2.05) is 0 Å². The summed E-state index contributed by atoms with van der Waals surface area (Å²) < 4.78 is 0. The van der Waals surface area contributed by atoms with Crippen LogP contribution in [0, 0.1) is 0 Å². The molecule has 3 rings (SSSR count). The number of carbonyl (C=O) groups is 2. The van der Waals surface area contributed by atoms with Crippen molar-refractivity contribution in [1.82, 2.24) is 9.88 Å². The van der Waals surface area contributed by atoms with Gasteiger partial charge >= 0.3 is 0 Å². The third-order valence-corrected chi connectivity index (χ3v) is 3.23. The number of Topliss-reactive ketones (excluding diaryl/α,β-unsaturated/α-hetero) is 1. The van der Waals surface area contributed by atoms with Gasteiger partial charge < -0.3 is 4.90 Å². The van der Waals surface area contributed by atoms with Crippen molar-refractivity contribution in [2.24, 2.45) is 0 Å². The topological polar surface area (TPSA) is 50.3 Å². The number of aromatic nitrogens is 1. The van der Waals surface area contributed by atoms with Crippen LogP contribution < -0.4 is 0 Å². The minimum atomic E-state index is -0.448. The molecule has 86 valence electrons. The highest BCUT2D eigenvalue weighted by molar-refractivity contribution is 6.50. The Morgan fingerprint density at radius 1 is 1.18 bits per heavy atom. The molecule has 4 heteroatoms. The number of rotatable bonds is 1. The van der Waals surface area contributed by atoms with Crippen molar-refractivity contribution >= 4 is 17.3 Å². The Morgan fingerprint density at radius 3 is 2.71 bits per heavy atom. The lowest BCUT2D eigenvalue weighted by Gasteiger charge is -2.24. The zero-order valence-corrected chi connectivity index (χ0v) is 9.35. The third kappa shape index (κ3) is 1.56. The maximum Gasteiger partial charge on any atom is 0.235 e. The molecular formula is C13H12N2O2. The van der Waals surface area contributed by atoms with Gasteiger partial charge in [-0.15, -0.1) is 0 Å². The van der Waals surface area contributed by atoms with Gasteiger partial charge in [0.25, 0.3) is 0 Å². The highest BCUT2D eigenvalue weighted by Gasteiger charge is 2.30. The molecule has 0 aromatic carbocycles. The van der Waals surface area contributed by atoms with Crippen LogP contribution in [0.15, 0.2) is 24.4 Å². The predicted octanol–water partition coefficient (Wildman–Crippen LogP) is 1.28. The Morgan fingerprint density at radius 2 is 1.94 bits per heavy atom. The number of nitrogens with zero attached hydrogens (tertiary/aromatic N) is 2. The monoisotopic (exact) mass is 228 g/mol. The number of pyridine rings is 1. The molecule has 1 aromatic heterocycles. The molecule has 17 heavy (non-hydrogen) atoms. The van der Waals surface area contributed by atoms with E-state index in [9.17, 15) is 9.59 Å². The number of fused-ring (bicyclic) bond motifs is 1. The second-order valence-corrected chi connectivity index (χ2v) is 4.32. The van der Waals surface area contributed by atoms with Crippen molar-refractivity contribution in [2.45, 2.75) is 12.8 Å². The van der Waals surface area contributed by atoms with E-state index in [1.165, 1.54) is 6.08 Å². The Labute approximate surface area is 99.0 Å². The summed E-state index contributed by atoms with van der Waals surface area (Å²) in [6.45, 7) is 1.87. The second-order valence-electron chi connectivity index (χ2n) is 4.32. The van der Waals surface area contributed by atoms with Gasteiger partial charge in [-0.05, 0) is 25.0 Å². The van der Waals surface area contributed by atoms with E-state index in [2.05, 4.69) is 9.88 Å². The molecule has 0 saturated carbocycles. The molecule has 0 spiro atoms. The van der Waals surface area contributed by atoms with Crippen LogP contribution in [-0.2, 0) is 4.79 Å². The van der Waals surface area contributed by atoms with Gasteiger partial charge in [-0.3, -0.25) is 14.6 Å². The first kappa shape index (κ1) is 10.2. The first-order valence-corrected chi connectivity index (χ1v) is 5.78. The van der Waals surface area contributed by atoms with Gasteiger partial charge in [-0.25, -0.2) is 0 Å². The summed E-state index contributed by atoms with van der Waals surface area (Å²) in [6, 6.07) is 3.36. The highest BCUT2D eigenvalue weighted by Crippen LogP contribution is 2.28. The third-order valence-electron chi connectivity index (χ3n) is 3.23. The summed E-state index contributed by atoms with van der Waals surface area (Å²) in [4.78, 5) is 29.8. The van der Waals surface area contributed by atoms with E-state index >= 15 is 0 Å². The van der Waals surface area contributed by atoms with Crippen LogP contribution in [0.25, 0.3) is 5.70 Å². The van der Waals surface area contributed by atoms with Crippen LogP contribution in [0.3, 0.4) is 0 Å². The molecule has 1 aliphatic heterocycles. The van der Waals surface area contributed by atoms with E-state index in [4.69, 9.17) is 0 Å².